The zero-order valence-corrected chi connectivity index (χ0v) is 28.1. The molecule has 0 aliphatic carbocycles. The molecule has 4 aromatic rings. The van der Waals surface area contributed by atoms with Gasteiger partial charge >= 0.3 is 6.36 Å². The van der Waals surface area contributed by atoms with Crippen molar-refractivity contribution in [3.8, 4) is 17.0 Å². The molecule has 2 amide bonds. The van der Waals surface area contributed by atoms with Gasteiger partial charge in [0.15, 0.2) is 0 Å². The molecule has 0 fully saturated rings. The molecule has 11 heteroatoms. The van der Waals surface area contributed by atoms with Crippen LogP contribution >= 0.6 is 0 Å². The van der Waals surface area contributed by atoms with E-state index in [-0.39, 0.29) is 18.4 Å². The summed E-state index contributed by atoms with van der Waals surface area (Å²) in [7, 11) is -1.79. The molecular formula is C35H40F3N3O4S. The van der Waals surface area contributed by atoms with Gasteiger partial charge in [-0.1, -0.05) is 24.3 Å². The summed E-state index contributed by atoms with van der Waals surface area (Å²) in [6.45, 7) is 14.7. The molecule has 0 saturated heterocycles. The van der Waals surface area contributed by atoms with E-state index in [0.717, 1.165) is 0 Å². The molecule has 0 radical (unpaired) electrons. The van der Waals surface area contributed by atoms with Gasteiger partial charge in [-0.15, -0.1) is 13.2 Å². The number of ether oxygens (including phenoxy) is 1. The van der Waals surface area contributed by atoms with E-state index in [0.29, 0.717) is 37.5 Å². The second-order valence-corrected chi connectivity index (χ2v) is 15.2. The van der Waals surface area contributed by atoms with Gasteiger partial charge in [0.05, 0.1) is 32.3 Å². The first-order chi connectivity index (χ1) is 21.2. The van der Waals surface area contributed by atoms with E-state index in [1.165, 1.54) is 24.3 Å². The number of nitrogens with zero attached hydrogens (tertiary/aromatic N) is 1. The first-order valence-corrected chi connectivity index (χ1v) is 15.9. The Morgan fingerprint density at radius 3 is 1.93 bits per heavy atom. The normalized spacial score (nSPS) is 13.4. The molecule has 46 heavy (non-hydrogen) atoms. The van der Waals surface area contributed by atoms with Crippen LogP contribution in [0.4, 0.5) is 13.2 Å². The van der Waals surface area contributed by atoms with E-state index in [4.69, 9.17) is 0 Å². The maximum Gasteiger partial charge on any atom is 0.573 e. The van der Waals surface area contributed by atoms with Crippen molar-refractivity contribution in [1.82, 2.24) is 15.2 Å². The fourth-order valence-electron chi connectivity index (χ4n) is 5.06. The van der Waals surface area contributed by atoms with E-state index in [2.05, 4.69) is 15.4 Å². The number of benzene rings is 3. The zero-order chi connectivity index (χ0) is 34.2. The predicted octanol–water partition coefficient (Wildman–Crippen LogP) is 7.48. The van der Waals surface area contributed by atoms with Crippen molar-refractivity contribution in [2.45, 2.75) is 94.6 Å². The lowest BCUT2D eigenvalue weighted by Crippen LogP contribution is -2.48. The number of halogens is 3. The molecule has 0 aliphatic heterocycles. The van der Waals surface area contributed by atoms with Crippen LogP contribution < -0.4 is 15.4 Å². The summed E-state index contributed by atoms with van der Waals surface area (Å²) in [5.41, 5.74) is 0.0555. The number of carbonyl (C=O) groups is 2. The van der Waals surface area contributed by atoms with Crippen LogP contribution in [-0.4, -0.2) is 38.0 Å². The van der Waals surface area contributed by atoms with Crippen molar-refractivity contribution in [2.24, 2.45) is 0 Å². The average molecular weight is 656 g/mol. The molecule has 0 aliphatic rings. The van der Waals surface area contributed by atoms with Gasteiger partial charge in [-0.25, -0.2) is 4.21 Å². The molecule has 1 heterocycles. The quantitative estimate of drug-likeness (QED) is 0.206. The largest absolute Gasteiger partial charge is 0.573 e. The zero-order valence-electron chi connectivity index (χ0n) is 27.3. The number of nitrogens with one attached hydrogen (secondary N) is 2. The van der Waals surface area contributed by atoms with Gasteiger partial charge in [0.1, 0.15) is 12.3 Å². The van der Waals surface area contributed by atoms with Gasteiger partial charge < -0.3 is 19.9 Å². The number of amides is 2. The lowest BCUT2D eigenvalue weighted by molar-refractivity contribution is -0.274. The third-order valence-corrected chi connectivity index (χ3v) is 8.60. The summed E-state index contributed by atoms with van der Waals surface area (Å²) in [5.74, 6) is -0.924. The number of hydrogen-bond donors (Lipinski definition) is 2. The Morgan fingerprint density at radius 1 is 0.804 bits per heavy atom. The van der Waals surface area contributed by atoms with Crippen LogP contribution in [0.2, 0.25) is 0 Å². The van der Waals surface area contributed by atoms with Gasteiger partial charge in [0.25, 0.3) is 0 Å². The smallest absolute Gasteiger partial charge is 0.406 e. The Balaban J connectivity index is 2.03. The minimum Gasteiger partial charge on any atom is -0.406 e. The Hall–Kier alpha value is -4.12. The number of aromatic nitrogens is 1. The highest BCUT2D eigenvalue weighted by molar-refractivity contribution is 7.85. The number of fused-ring (bicyclic) bond motifs is 1. The highest BCUT2D eigenvalue weighted by Crippen LogP contribution is 2.41. The van der Waals surface area contributed by atoms with Crippen LogP contribution in [0.15, 0.2) is 82.6 Å². The van der Waals surface area contributed by atoms with E-state index < -0.39 is 39.4 Å². The van der Waals surface area contributed by atoms with Crippen molar-refractivity contribution in [2.75, 3.05) is 0 Å². The second kappa shape index (κ2) is 12.6. The molecule has 2 N–H and O–H groups in total. The van der Waals surface area contributed by atoms with Gasteiger partial charge in [0, 0.05) is 21.4 Å². The summed E-state index contributed by atoms with van der Waals surface area (Å²) in [4.78, 5) is 27.7. The van der Waals surface area contributed by atoms with Gasteiger partial charge in [-0.3, -0.25) is 9.59 Å². The molecule has 1 unspecified atom stereocenters. The molecule has 1 aromatic heterocycles. The standard InChI is InChI=1S/C35H40F3N3O4S/c1-32(2,3)39-28(42)21-41-27-19-16-23(34(7,8)31(43)40-33(4,5)6)20-26(27)30(46(44)25-12-10-9-11-13-25)29(41)22-14-17-24(18-15-22)45-35(36,37)38/h9-20H,21H2,1-8H3,(H,39,42)(H,40,43). The first-order valence-electron chi connectivity index (χ1n) is 14.8. The summed E-state index contributed by atoms with van der Waals surface area (Å²) < 4.78 is 59.1. The third kappa shape index (κ3) is 8.17. The monoisotopic (exact) mass is 655 g/mol. The maximum absolute atomic E-state index is 14.5. The average Bonchev–Trinajstić information content (AvgIpc) is 3.23. The van der Waals surface area contributed by atoms with Gasteiger partial charge in [0.2, 0.25) is 11.8 Å². The molecule has 4 rings (SSSR count). The number of carbonyl (C=O) groups excluding carboxylic acids is 2. The van der Waals surface area contributed by atoms with E-state index in [1.807, 2.05) is 53.7 Å². The van der Waals surface area contributed by atoms with Gasteiger partial charge in [-0.2, -0.15) is 0 Å². The summed E-state index contributed by atoms with van der Waals surface area (Å²) in [6, 6.07) is 19.4. The van der Waals surface area contributed by atoms with E-state index in [1.54, 1.807) is 54.8 Å². The Kier molecular flexibility index (Phi) is 9.51. The summed E-state index contributed by atoms with van der Waals surface area (Å²) in [6.07, 6.45) is -4.87. The van der Waals surface area contributed by atoms with Crippen molar-refractivity contribution in [3.63, 3.8) is 0 Å². The van der Waals surface area contributed by atoms with Crippen LogP contribution in [0.25, 0.3) is 22.2 Å². The van der Waals surface area contributed by atoms with Crippen molar-refractivity contribution < 1.29 is 31.7 Å². The molecule has 246 valence electrons. The van der Waals surface area contributed by atoms with E-state index in [9.17, 15) is 27.0 Å². The lowest BCUT2D eigenvalue weighted by atomic mass is 9.82. The van der Waals surface area contributed by atoms with Crippen molar-refractivity contribution >= 4 is 33.5 Å². The summed E-state index contributed by atoms with van der Waals surface area (Å²) >= 11 is 0. The summed E-state index contributed by atoms with van der Waals surface area (Å²) in [5, 5.41) is 6.53. The fraction of sp³-hybridized carbons (Fsp3) is 0.371. The highest BCUT2D eigenvalue weighted by Gasteiger charge is 2.35. The van der Waals surface area contributed by atoms with Crippen LogP contribution in [0.3, 0.4) is 0 Å². The predicted molar refractivity (Wildman–Crippen MR) is 174 cm³/mol. The van der Waals surface area contributed by atoms with Crippen LogP contribution in [0.5, 0.6) is 5.75 Å². The maximum atomic E-state index is 14.5. The topological polar surface area (TPSA) is 89.4 Å². The van der Waals surface area contributed by atoms with Crippen LogP contribution in [-0.2, 0) is 32.3 Å². The molecule has 0 bridgehead atoms. The molecule has 7 nitrogen and oxygen atoms in total. The SMILES string of the molecule is CC(C)(C)NC(=O)Cn1c(-c2ccc(OC(F)(F)F)cc2)c(S(=O)c2ccccc2)c2cc(C(C)(C)C(=O)NC(C)(C)C)ccc21. The highest BCUT2D eigenvalue weighted by atomic mass is 32.2. The molecule has 0 spiro atoms. The van der Waals surface area contributed by atoms with Crippen molar-refractivity contribution in [3.05, 3.63) is 78.4 Å². The van der Waals surface area contributed by atoms with Gasteiger partial charge in [-0.05, 0) is 115 Å². The minimum atomic E-state index is -4.87. The van der Waals surface area contributed by atoms with Crippen LogP contribution in [0.1, 0.15) is 61.0 Å². The van der Waals surface area contributed by atoms with Crippen LogP contribution in [0, 0.1) is 0 Å². The molecular weight excluding hydrogens is 615 g/mol. The minimum absolute atomic E-state index is 0.164. The third-order valence-electron chi connectivity index (χ3n) is 7.11. The second-order valence-electron chi connectivity index (χ2n) is 13.8. The number of rotatable bonds is 8. The first kappa shape index (κ1) is 34.7. The molecule has 3 aromatic carbocycles. The number of alkyl halides is 3. The fourth-order valence-corrected chi connectivity index (χ4v) is 6.46. The van der Waals surface area contributed by atoms with E-state index >= 15 is 0 Å². The van der Waals surface area contributed by atoms with Crippen molar-refractivity contribution in [1.29, 1.82) is 0 Å². The Morgan fingerprint density at radius 2 is 1.39 bits per heavy atom. The molecule has 1 atom stereocenters. The number of hydrogen-bond acceptors (Lipinski definition) is 4. The Bertz CT molecular complexity index is 1770. The lowest BCUT2D eigenvalue weighted by Gasteiger charge is -2.30. The molecule has 0 saturated carbocycles. The Labute approximate surface area is 270 Å².